The van der Waals surface area contributed by atoms with Crippen molar-refractivity contribution in [3.8, 4) is 0 Å². The maximum atomic E-state index is 5.34. The SMILES string of the molecule is [B]/C(=C/C=C)SC. The van der Waals surface area contributed by atoms with Crippen LogP contribution in [0.3, 0.4) is 0 Å². The van der Waals surface area contributed by atoms with Crippen LogP contribution in [-0.4, -0.2) is 14.1 Å². The molecule has 0 aliphatic carbocycles. The Hall–Kier alpha value is -0.105. The molecule has 0 spiro atoms. The lowest BCUT2D eigenvalue weighted by Crippen LogP contribution is -1.66. The summed E-state index contributed by atoms with van der Waals surface area (Å²) in [7, 11) is 5.34. The zero-order valence-corrected chi connectivity index (χ0v) is 5.16. The van der Waals surface area contributed by atoms with E-state index in [1.807, 2.05) is 6.26 Å². The van der Waals surface area contributed by atoms with Crippen LogP contribution in [0.4, 0.5) is 0 Å². The van der Waals surface area contributed by atoms with Gasteiger partial charge in [0.05, 0.1) is 0 Å². The second-order valence-corrected chi connectivity index (χ2v) is 1.89. The molecule has 0 saturated carbocycles. The van der Waals surface area contributed by atoms with Crippen molar-refractivity contribution in [3.05, 3.63) is 23.5 Å². The molecule has 0 N–H and O–H groups in total. The summed E-state index contributed by atoms with van der Waals surface area (Å²) in [6.45, 7) is 3.48. The van der Waals surface area contributed by atoms with E-state index in [9.17, 15) is 0 Å². The molecule has 0 nitrogen and oxygen atoms in total. The Kier molecular flexibility index (Phi) is 4.00. The van der Waals surface area contributed by atoms with Crippen LogP contribution in [0.1, 0.15) is 0 Å². The topological polar surface area (TPSA) is 0 Å². The summed E-state index contributed by atoms with van der Waals surface area (Å²) < 4.78 is 0. The number of thioether (sulfide) groups is 1. The lowest BCUT2D eigenvalue weighted by atomic mass is 10.1. The second kappa shape index (κ2) is 4.06. The van der Waals surface area contributed by atoms with Crippen LogP contribution in [0.2, 0.25) is 0 Å². The van der Waals surface area contributed by atoms with Crippen LogP contribution in [0.15, 0.2) is 23.5 Å². The van der Waals surface area contributed by atoms with Gasteiger partial charge >= 0.3 is 0 Å². The van der Waals surface area contributed by atoms with Gasteiger partial charge in [0.2, 0.25) is 0 Å². The van der Waals surface area contributed by atoms with E-state index in [0.717, 1.165) is 4.80 Å². The Morgan fingerprint density at radius 3 is 2.57 bits per heavy atom. The van der Waals surface area contributed by atoms with E-state index in [-0.39, 0.29) is 0 Å². The first kappa shape index (κ1) is 6.89. The predicted octanol–water partition coefficient (Wildman–Crippen LogP) is 1.55. The molecule has 0 aromatic heterocycles. The van der Waals surface area contributed by atoms with Crippen molar-refractivity contribution in [2.45, 2.75) is 0 Å². The first-order valence-corrected chi connectivity index (χ1v) is 3.16. The molecule has 0 aromatic carbocycles. The van der Waals surface area contributed by atoms with Crippen molar-refractivity contribution in [1.82, 2.24) is 0 Å². The van der Waals surface area contributed by atoms with Gasteiger partial charge in [0.25, 0.3) is 0 Å². The largest absolute Gasteiger partial charge is 0.145 e. The van der Waals surface area contributed by atoms with Crippen LogP contribution in [0.25, 0.3) is 0 Å². The first-order chi connectivity index (χ1) is 3.31. The third-order valence-corrected chi connectivity index (χ3v) is 1.13. The van der Waals surface area contributed by atoms with Crippen molar-refractivity contribution < 1.29 is 0 Å². The lowest BCUT2D eigenvalue weighted by Gasteiger charge is -1.86. The number of rotatable bonds is 2. The fourth-order valence-electron chi connectivity index (χ4n) is 0.184. The highest BCUT2D eigenvalue weighted by Gasteiger charge is 1.75. The molecule has 2 radical (unpaired) electrons. The van der Waals surface area contributed by atoms with E-state index < -0.39 is 0 Å². The zero-order valence-electron chi connectivity index (χ0n) is 4.35. The van der Waals surface area contributed by atoms with Gasteiger partial charge in [-0.1, -0.05) is 23.5 Å². The fourth-order valence-corrected chi connectivity index (χ4v) is 0.417. The van der Waals surface area contributed by atoms with Gasteiger partial charge < -0.3 is 0 Å². The molecule has 0 aliphatic heterocycles. The number of allylic oxidation sites excluding steroid dienone is 2. The maximum absolute atomic E-state index is 5.34. The van der Waals surface area contributed by atoms with Crippen LogP contribution in [0.5, 0.6) is 0 Å². The average molecular weight is 110 g/mol. The van der Waals surface area contributed by atoms with Crippen LogP contribution in [-0.2, 0) is 0 Å². The molecule has 2 heteroatoms. The van der Waals surface area contributed by atoms with Crippen molar-refractivity contribution in [3.63, 3.8) is 0 Å². The van der Waals surface area contributed by atoms with E-state index in [4.69, 9.17) is 7.85 Å². The molecule has 0 atom stereocenters. The first-order valence-electron chi connectivity index (χ1n) is 1.93. The summed E-state index contributed by atoms with van der Waals surface area (Å²) in [5.74, 6) is 0. The van der Waals surface area contributed by atoms with Crippen LogP contribution >= 0.6 is 11.8 Å². The lowest BCUT2D eigenvalue weighted by molar-refractivity contribution is 2.07. The Morgan fingerprint density at radius 1 is 1.86 bits per heavy atom. The zero-order chi connectivity index (χ0) is 5.70. The van der Waals surface area contributed by atoms with Gasteiger partial charge in [-0.05, 0) is 6.26 Å². The molecule has 0 heterocycles. The number of hydrogen-bond donors (Lipinski definition) is 0. The molecule has 0 rings (SSSR count). The van der Waals surface area contributed by atoms with Gasteiger partial charge in [0.15, 0.2) is 0 Å². The van der Waals surface area contributed by atoms with Gasteiger partial charge in [-0.15, -0.1) is 11.8 Å². The van der Waals surface area contributed by atoms with Gasteiger partial charge in [0.1, 0.15) is 7.85 Å². The molecule has 0 amide bonds. The summed E-state index contributed by atoms with van der Waals surface area (Å²) in [5, 5.41) is 0. The molecule has 0 bridgehead atoms. The van der Waals surface area contributed by atoms with E-state index in [0.29, 0.717) is 0 Å². The quantitative estimate of drug-likeness (QED) is 0.383. The molecule has 0 aromatic rings. The summed E-state index contributed by atoms with van der Waals surface area (Å²) in [6.07, 6.45) is 5.37. The van der Waals surface area contributed by atoms with Gasteiger partial charge in [-0.3, -0.25) is 0 Å². The molecular weight excluding hydrogens is 103 g/mol. The van der Waals surface area contributed by atoms with Gasteiger partial charge in [-0.2, -0.15) is 0 Å². The highest BCUT2D eigenvalue weighted by Crippen LogP contribution is 2.04. The molecular formula is C5H7BS. The maximum Gasteiger partial charge on any atom is 0.123 e. The van der Waals surface area contributed by atoms with E-state index in [1.54, 1.807) is 12.2 Å². The van der Waals surface area contributed by atoms with E-state index in [1.165, 1.54) is 11.8 Å². The van der Waals surface area contributed by atoms with Crippen molar-refractivity contribution in [1.29, 1.82) is 0 Å². The summed E-state index contributed by atoms with van der Waals surface area (Å²) >= 11 is 1.52. The van der Waals surface area contributed by atoms with Crippen LogP contribution < -0.4 is 0 Å². The van der Waals surface area contributed by atoms with E-state index >= 15 is 0 Å². The minimum Gasteiger partial charge on any atom is -0.145 e. The molecule has 0 fully saturated rings. The standard InChI is InChI=1S/C5H7BS/c1-3-4-5(6)7-2/h3-4H,1H2,2H3/b5-4-. The highest BCUT2D eigenvalue weighted by molar-refractivity contribution is 8.03. The fraction of sp³-hybridized carbons (Fsp3) is 0.200. The summed E-state index contributed by atoms with van der Waals surface area (Å²) in [5.41, 5.74) is 0. The Labute approximate surface area is 50.1 Å². The minimum atomic E-state index is 0.801. The smallest absolute Gasteiger partial charge is 0.123 e. The Balaban J connectivity index is 3.49. The normalized spacial score (nSPS) is 11.3. The third-order valence-electron chi connectivity index (χ3n) is 0.518. The predicted molar refractivity (Wildman–Crippen MR) is 37.5 cm³/mol. The Bertz CT molecular complexity index is 86.1. The average Bonchev–Trinajstić information content (AvgIpc) is 1.68. The van der Waals surface area contributed by atoms with Crippen molar-refractivity contribution >= 4 is 19.6 Å². The monoisotopic (exact) mass is 110 g/mol. The second-order valence-electron chi connectivity index (χ2n) is 1.01. The van der Waals surface area contributed by atoms with E-state index in [2.05, 4.69) is 6.58 Å². The summed E-state index contributed by atoms with van der Waals surface area (Å²) in [6, 6.07) is 0. The molecule has 0 unspecified atom stereocenters. The number of hydrogen-bond acceptors (Lipinski definition) is 1. The molecule has 7 heavy (non-hydrogen) atoms. The van der Waals surface area contributed by atoms with Crippen LogP contribution in [0, 0.1) is 0 Å². The molecule has 36 valence electrons. The Morgan fingerprint density at radius 2 is 2.43 bits per heavy atom. The van der Waals surface area contributed by atoms with Crippen molar-refractivity contribution in [2.24, 2.45) is 0 Å². The molecule has 0 aliphatic rings. The minimum absolute atomic E-state index is 0.801. The molecule has 0 saturated heterocycles. The van der Waals surface area contributed by atoms with Gasteiger partial charge in [0, 0.05) is 0 Å². The highest BCUT2D eigenvalue weighted by atomic mass is 32.2. The summed E-state index contributed by atoms with van der Waals surface area (Å²) in [4.78, 5) is 0.801. The van der Waals surface area contributed by atoms with Gasteiger partial charge in [-0.25, -0.2) is 0 Å². The third kappa shape index (κ3) is 3.73. The van der Waals surface area contributed by atoms with Crippen molar-refractivity contribution in [2.75, 3.05) is 6.26 Å².